The van der Waals surface area contributed by atoms with E-state index in [9.17, 15) is 14.4 Å². The van der Waals surface area contributed by atoms with E-state index in [1.165, 1.54) is 20.9 Å². The molecule has 1 amide bonds. The molecular weight excluding hydrogens is 584 g/mol. The van der Waals surface area contributed by atoms with Crippen LogP contribution in [0.4, 0.5) is 5.69 Å². The van der Waals surface area contributed by atoms with Gasteiger partial charge in [-0.15, -0.1) is 0 Å². The summed E-state index contributed by atoms with van der Waals surface area (Å²) < 4.78 is 13.2. The van der Waals surface area contributed by atoms with Crippen LogP contribution < -0.4 is 24.6 Å². The summed E-state index contributed by atoms with van der Waals surface area (Å²) in [6.45, 7) is 5.40. The van der Waals surface area contributed by atoms with Crippen LogP contribution in [0.3, 0.4) is 0 Å². The zero-order valence-corrected chi connectivity index (χ0v) is 24.1. The number of anilines is 1. The Kier molecular flexibility index (Phi) is 7.37. The molecule has 0 fully saturated rings. The predicted molar refractivity (Wildman–Crippen MR) is 153 cm³/mol. The maximum atomic E-state index is 13.9. The number of carbonyl (C=O) groups excluding carboxylic acids is 2. The summed E-state index contributed by atoms with van der Waals surface area (Å²) in [5.74, 6) is -0.881. The maximum Gasteiger partial charge on any atom is 0.338 e. The molecule has 0 unspecified atom stereocenters. The van der Waals surface area contributed by atoms with Gasteiger partial charge >= 0.3 is 5.97 Å². The zero-order chi connectivity index (χ0) is 27.8. The van der Waals surface area contributed by atoms with Gasteiger partial charge in [-0.25, -0.2) is 9.79 Å². The number of rotatable bonds is 6. The first kappa shape index (κ1) is 26.8. The molecule has 0 aliphatic carbocycles. The highest BCUT2D eigenvalue weighted by Crippen LogP contribution is 2.35. The Morgan fingerprint density at radius 3 is 2.56 bits per heavy atom. The van der Waals surface area contributed by atoms with Gasteiger partial charge in [0.05, 0.1) is 51.4 Å². The number of methoxy groups -OCH3 is 1. The molecule has 200 valence electrons. The minimum absolute atomic E-state index is 0.180. The largest absolute Gasteiger partial charge is 0.496 e. The molecule has 9 nitrogen and oxygen atoms in total. The average molecular weight is 610 g/mol. The summed E-state index contributed by atoms with van der Waals surface area (Å²) in [4.78, 5) is 45.3. The number of esters is 1. The van der Waals surface area contributed by atoms with E-state index in [1.54, 1.807) is 58.2 Å². The van der Waals surface area contributed by atoms with E-state index in [-0.39, 0.29) is 23.6 Å². The number of amides is 1. The lowest BCUT2D eigenvalue weighted by atomic mass is 9.96. The van der Waals surface area contributed by atoms with Crippen molar-refractivity contribution in [1.29, 1.82) is 0 Å². The number of carbonyl (C=O) groups is 2. The van der Waals surface area contributed by atoms with Crippen LogP contribution in [0.5, 0.6) is 5.75 Å². The molecule has 5 rings (SSSR count). The number of ether oxygens (including phenoxy) is 2. The highest BCUT2D eigenvalue weighted by molar-refractivity contribution is 9.10. The first-order valence-corrected chi connectivity index (χ1v) is 13.8. The summed E-state index contributed by atoms with van der Waals surface area (Å²) in [7, 11) is 1.56. The molecule has 2 atom stereocenters. The lowest BCUT2D eigenvalue weighted by molar-refractivity contribution is -0.139. The number of hydrogen-bond donors (Lipinski definition) is 0. The summed E-state index contributed by atoms with van der Waals surface area (Å²) in [6, 6.07) is 13.7. The Balaban J connectivity index is 1.64. The van der Waals surface area contributed by atoms with Crippen LogP contribution in [0.1, 0.15) is 32.4 Å². The number of para-hydroxylation sites is 1. The Morgan fingerprint density at radius 2 is 1.90 bits per heavy atom. The van der Waals surface area contributed by atoms with Gasteiger partial charge in [-0.1, -0.05) is 35.6 Å². The Labute approximate surface area is 236 Å². The number of hydrogen-bond acceptors (Lipinski definition) is 8. The Hall–Kier alpha value is -3.83. The first-order chi connectivity index (χ1) is 18.7. The van der Waals surface area contributed by atoms with Crippen molar-refractivity contribution < 1.29 is 19.1 Å². The summed E-state index contributed by atoms with van der Waals surface area (Å²) in [5, 5.41) is 5.80. The second kappa shape index (κ2) is 10.7. The zero-order valence-electron chi connectivity index (χ0n) is 21.7. The van der Waals surface area contributed by atoms with Gasteiger partial charge < -0.3 is 9.47 Å². The van der Waals surface area contributed by atoms with E-state index < -0.39 is 17.9 Å². The minimum Gasteiger partial charge on any atom is -0.496 e. The highest BCUT2D eigenvalue weighted by atomic mass is 79.9. The fourth-order valence-electron chi connectivity index (χ4n) is 4.65. The van der Waals surface area contributed by atoms with Crippen molar-refractivity contribution in [2.24, 2.45) is 16.0 Å². The number of halogens is 1. The maximum absolute atomic E-state index is 13.9. The van der Waals surface area contributed by atoms with Gasteiger partial charge in [0.15, 0.2) is 4.80 Å². The van der Waals surface area contributed by atoms with E-state index in [0.29, 0.717) is 42.2 Å². The van der Waals surface area contributed by atoms with E-state index in [0.717, 1.165) is 0 Å². The van der Waals surface area contributed by atoms with E-state index >= 15 is 0 Å². The van der Waals surface area contributed by atoms with Gasteiger partial charge in [-0.2, -0.15) is 10.1 Å². The van der Waals surface area contributed by atoms with Gasteiger partial charge in [-0.3, -0.25) is 14.2 Å². The van der Waals surface area contributed by atoms with Crippen molar-refractivity contribution in [3.8, 4) is 5.75 Å². The van der Waals surface area contributed by atoms with Gasteiger partial charge in [0.2, 0.25) is 0 Å². The number of hydrazone groups is 1. The van der Waals surface area contributed by atoms with Crippen LogP contribution in [0.15, 0.2) is 79.2 Å². The normalized spacial score (nSPS) is 19.1. The van der Waals surface area contributed by atoms with Crippen LogP contribution in [0, 0.1) is 5.92 Å². The summed E-state index contributed by atoms with van der Waals surface area (Å²) >= 11 is 4.68. The molecule has 0 radical (unpaired) electrons. The van der Waals surface area contributed by atoms with Gasteiger partial charge in [0.1, 0.15) is 11.7 Å². The minimum atomic E-state index is -0.778. The summed E-state index contributed by atoms with van der Waals surface area (Å²) in [5.41, 5.74) is 2.29. The van der Waals surface area contributed by atoms with Crippen LogP contribution >= 0.6 is 27.3 Å². The molecular formula is C28H25BrN4O5S. The fourth-order valence-corrected chi connectivity index (χ4v) is 6.26. The van der Waals surface area contributed by atoms with Crippen LogP contribution in [-0.4, -0.2) is 35.9 Å². The van der Waals surface area contributed by atoms with E-state index in [1.807, 2.05) is 24.3 Å². The topological polar surface area (TPSA) is 103 Å². The Bertz CT molecular complexity index is 1720. The SMILES string of the molecule is CCOC(=O)C1=C(C)N=c2s/c(=C/[C@H]3C(=O)N(c4ccccc4)N=C3C)c(=O)n2[C@@H]1c1ccc(OC)c(Br)c1. The van der Waals surface area contributed by atoms with E-state index in [2.05, 4.69) is 26.0 Å². The molecule has 2 aliphatic rings. The van der Waals surface area contributed by atoms with Crippen molar-refractivity contribution in [2.75, 3.05) is 18.7 Å². The number of fused-ring (bicyclic) bond motifs is 1. The molecule has 0 N–H and O–H groups in total. The number of thiazole rings is 1. The fraction of sp³-hybridized carbons (Fsp3) is 0.250. The second-order valence-corrected chi connectivity index (χ2v) is 10.8. The third-order valence-electron chi connectivity index (χ3n) is 6.51. The first-order valence-electron chi connectivity index (χ1n) is 12.2. The van der Waals surface area contributed by atoms with Gasteiger partial charge in [0.25, 0.3) is 11.5 Å². The molecule has 1 aromatic heterocycles. The summed E-state index contributed by atoms with van der Waals surface area (Å²) in [6.07, 6.45) is 1.64. The molecule has 3 aromatic rings. The Morgan fingerprint density at radius 1 is 1.15 bits per heavy atom. The molecule has 0 saturated heterocycles. The lowest BCUT2D eigenvalue weighted by Crippen LogP contribution is -2.40. The second-order valence-electron chi connectivity index (χ2n) is 8.92. The number of benzene rings is 2. The molecule has 39 heavy (non-hydrogen) atoms. The molecule has 0 saturated carbocycles. The quantitative estimate of drug-likeness (QED) is 0.398. The molecule has 11 heteroatoms. The molecule has 2 aromatic carbocycles. The van der Waals surface area contributed by atoms with Crippen LogP contribution in [0.2, 0.25) is 0 Å². The lowest BCUT2D eigenvalue weighted by Gasteiger charge is -2.25. The number of nitrogens with zero attached hydrogens (tertiary/aromatic N) is 4. The van der Waals surface area contributed by atoms with Crippen molar-refractivity contribution in [2.45, 2.75) is 26.8 Å². The molecule has 0 bridgehead atoms. The molecule has 0 spiro atoms. The van der Waals surface area contributed by atoms with Crippen LogP contribution in [-0.2, 0) is 14.3 Å². The number of aromatic nitrogens is 1. The highest BCUT2D eigenvalue weighted by Gasteiger charge is 2.36. The molecule has 2 aliphatic heterocycles. The van der Waals surface area contributed by atoms with E-state index in [4.69, 9.17) is 9.47 Å². The van der Waals surface area contributed by atoms with Crippen molar-refractivity contribution >= 4 is 56.6 Å². The number of allylic oxidation sites excluding steroid dienone is 1. The van der Waals surface area contributed by atoms with Crippen molar-refractivity contribution in [1.82, 2.24) is 4.57 Å². The van der Waals surface area contributed by atoms with Crippen LogP contribution in [0.25, 0.3) is 6.08 Å². The van der Waals surface area contributed by atoms with Crippen molar-refractivity contribution in [3.05, 3.63) is 89.5 Å². The monoisotopic (exact) mass is 608 g/mol. The average Bonchev–Trinajstić information content (AvgIpc) is 3.38. The molecule has 3 heterocycles. The van der Waals surface area contributed by atoms with Crippen molar-refractivity contribution in [3.63, 3.8) is 0 Å². The van der Waals surface area contributed by atoms with Gasteiger partial charge in [-0.05, 0) is 72.6 Å². The standard InChI is InChI=1S/C28H25BrN4O5S/c1-5-38-27(36)23-16(3)30-28-32(24(23)17-11-12-21(37-4)20(29)13-17)26(35)22(39-28)14-19-15(2)31-33(25(19)34)18-9-7-6-8-10-18/h6-14,19,24H,5H2,1-4H3/b22-14+/t19-,24-/m1/s1. The smallest absolute Gasteiger partial charge is 0.338 e. The third-order valence-corrected chi connectivity index (χ3v) is 8.13. The predicted octanol–water partition coefficient (Wildman–Crippen LogP) is 3.56. The third kappa shape index (κ3) is 4.76. The van der Waals surface area contributed by atoms with Gasteiger partial charge in [0, 0.05) is 0 Å².